The number of anilines is 2. The number of aryl methyl sites for hydroxylation is 1. The molecule has 45 heavy (non-hydrogen) atoms. The van der Waals surface area contributed by atoms with Gasteiger partial charge in [0.15, 0.2) is 17.2 Å². The van der Waals surface area contributed by atoms with E-state index in [0.717, 1.165) is 5.56 Å². The van der Waals surface area contributed by atoms with Gasteiger partial charge in [0.1, 0.15) is 0 Å². The number of amides is 1. The van der Waals surface area contributed by atoms with Gasteiger partial charge in [-0.05, 0) is 30.2 Å². The van der Waals surface area contributed by atoms with E-state index in [-0.39, 0.29) is 36.8 Å². The first kappa shape index (κ1) is 34.9. The first-order valence-corrected chi connectivity index (χ1v) is 14.0. The Morgan fingerprint density at radius 2 is 1.93 bits per heavy atom. The predicted octanol–water partition coefficient (Wildman–Crippen LogP) is 3.34. The van der Waals surface area contributed by atoms with Crippen LogP contribution < -0.4 is 16.4 Å². The van der Waals surface area contributed by atoms with Crippen LogP contribution in [0.1, 0.15) is 42.4 Å². The number of alkyl halides is 3. The van der Waals surface area contributed by atoms with Gasteiger partial charge in [0.25, 0.3) is 12.4 Å². The summed E-state index contributed by atoms with van der Waals surface area (Å²) in [5, 5.41) is 26.3. The molecule has 0 saturated carbocycles. The molecule has 0 aliphatic carbocycles. The summed E-state index contributed by atoms with van der Waals surface area (Å²) in [4.78, 5) is 29.8. The van der Waals surface area contributed by atoms with Crippen molar-refractivity contribution in [2.24, 2.45) is 11.1 Å². The summed E-state index contributed by atoms with van der Waals surface area (Å²) in [5.74, 6) is 0.0960. The molecule has 0 aliphatic heterocycles. The Hall–Kier alpha value is -4.54. The van der Waals surface area contributed by atoms with Crippen molar-refractivity contribution in [1.29, 1.82) is 0 Å². The summed E-state index contributed by atoms with van der Waals surface area (Å²) in [6.07, 6.45) is 1.54. The molecule has 3 heterocycles. The zero-order valence-corrected chi connectivity index (χ0v) is 25.1. The molecule has 0 saturated heterocycles. The molecule has 0 bridgehead atoms. The Kier molecular flexibility index (Phi) is 12.0. The number of aliphatic hydroxyl groups is 1. The molecule has 0 aliphatic rings. The number of hydrogen-bond donors (Lipinski definition) is 5. The van der Waals surface area contributed by atoms with Crippen LogP contribution in [0.25, 0.3) is 16.9 Å². The second kappa shape index (κ2) is 15.5. The average Bonchev–Trinajstić information content (AvgIpc) is 3.62. The highest BCUT2D eigenvalue weighted by atomic mass is 19.4. The number of hydrogen-bond acceptors (Lipinski definition) is 9. The number of nitrogens with one attached hydrogen (secondary N) is 2. The first-order chi connectivity index (χ1) is 21.4. The molecule has 3 aromatic heterocycles. The number of aliphatic hydroxyl groups excluding tert-OH is 1. The quantitative estimate of drug-likeness (QED) is 0.108. The zero-order valence-electron chi connectivity index (χ0n) is 25.1. The van der Waals surface area contributed by atoms with Crippen LogP contribution >= 0.6 is 0 Å². The summed E-state index contributed by atoms with van der Waals surface area (Å²) >= 11 is 0. The standard InChI is InChI=1S/C28H35F3N8O3.CH2O2/c1-4-18-13-19(5-6-20(18)26(41)34-9-12-42-11-7-32)36-24-25-35-14-22(39(25)10-8-33-24)21-15-38(16-27(2,3)17-40)37-23(21)28(29,30)31;2-1-3/h5-6,8,10,13-15,40H,4,7,9,11-12,16-17,32H2,1-3H3,(H,33,36)(H,34,41);1H,(H,2,3). The van der Waals surface area contributed by atoms with E-state index in [1.807, 2.05) is 13.0 Å². The van der Waals surface area contributed by atoms with Gasteiger partial charge >= 0.3 is 6.18 Å². The van der Waals surface area contributed by atoms with Crippen molar-refractivity contribution < 1.29 is 37.7 Å². The second-order valence-corrected chi connectivity index (χ2v) is 10.6. The number of nitrogens with zero attached hydrogens (tertiary/aromatic N) is 5. The average molecular weight is 635 g/mol. The Labute approximate surface area is 257 Å². The van der Waals surface area contributed by atoms with Crippen molar-refractivity contribution in [2.45, 2.75) is 39.9 Å². The van der Waals surface area contributed by atoms with Crippen LogP contribution in [0.5, 0.6) is 0 Å². The van der Waals surface area contributed by atoms with Crippen molar-refractivity contribution in [2.75, 3.05) is 38.2 Å². The lowest BCUT2D eigenvalue weighted by Crippen LogP contribution is -2.28. The lowest BCUT2D eigenvalue weighted by Gasteiger charge is -2.21. The highest BCUT2D eigenvalue weighted by Crippen LogP contribution is 2.37. The highest BCUT2D eigenvalue weighted by Gasteiger charge is 2.39. The van der Waals surface area contributed by atoms with Gasteiger partial charge in [0.2, 0.25) is 0 Å². The third kappa shape index (κ3) is 8.99. The van der Waals surface area contributed by atoms with Crippen LogP contribution in [0.15, 0.2) is 43.0 Å². The van der Waals surface area contributed by atoms with E-state index in [0.29, 0.717) is 55.4 Å². The van der Waals surface area contributed by atoms with Crippen LogP contribution in [0, 0.1) is 5.41 Å². The summed E-state index contributed by atoms with van der Waals surface area (Å²) in [6, 6.07) is 5.25. The van der Waals surface area contributed by atoms with Gasteiger partial charge in [-0.2, -0.15) is 18.3 Å². The number of ether oxygens (including phenoxy) is 1. The molecule has 1 aromatic carbocycles. The van der Waals surface area contributed by atoms with Crippen molar-refractivity contribution >= 4 is 29.5 Å². The Morgan fingerprint density at radius 3 is 2.58 bits per heavy atom. The van der Waals surface area contributed by atoms with Crippen LogP contribution in [-0.2, 0) is 28.7 Å². The lowest BCUT2D eigenvalue weighted by molar-refractivity contribution is -0.141. The number of rotatable bonds is 13. The Bertz CT molecular complexity index is 1590. The van der Waals surface area contributed by atoms with Crippen molar-refractivity contribution in [3.63, 3.8) is 0 Å². The molecule has 0 fully saturated rings. The molecule has 0 unspecified atom stereocenters. The molecule has 4 aromatic rings. The number of aromatic nitrogens is 5. The summed E-state index contributed by atoms with van der Waals surface area (Å²) in [6.45, 7) is 6.58. The van der Waals surface area contributed by atoms with Crippen LogP contribution in [0.3, 0.4) is 0 Å². The number of carbonyl (C=O) groups excluding carboxylic acids is 1. The minimum atomic E-state index is -4.70. The number of carbonyl (C=O) groups is 2. The summed E-state index contributed by atoms with van der Waals surface area (Å²) < 4.78 is 50.0. The van der Waals surface area contributed by atoms with E-state index >= 15 is 0 Å². The van der Waals surface area contributed by atoms with Gasteiger partial charge in [-0.15, -0.1) is 0 Å². The molecule has 0 atom stereocenters. The van der Waals surface area contributed by atoms with E-state index < -0.39 is 17.3 Å². The molecule has 16 heteroatoms. The topological polar surface area (TPSA) is 182 Å². The number of carboxylic acid groups (broad SMARTS) is 1. The molecule has 0 spiro atoms. The monoisotopic (exact) mass is 634 g/mol. The Morgan fingerprint density at radius 1 is 1.20 bits per heavy atom. The summed E-state index contributed by atoms with van der Waals surface area (Å²) in [5.41, 5.74) is 5.99. The van der Waals surface area contributed by atoms with Crippen LogP contribution in [0.4, 0.5) is 24.7 Å². The van der Waals surface area contributed by atoms with Gasteiger partial charge < -0.3 is 31.3 Å². The van der Waals surface area contributed by atoms with Crippen LogP contribution in [0.2, 0.25) is 0 Å². The normalized spacial score (nSPS) is 11.6. The fraction of sp³-hybridized carbons (Fsp3) is 0.414. The molecule has 13 nitrogen and oxygen atoms in total. The number of imidazole rings is 1. The SMILES string of the molecule is CCc1cc(Nc2nccn3c(-c4cn(CC(C)(C)CO)nc4C(F)(F)F)cnc23)ccc1C(=O)NCCOCCN.O=CO. The maximum Gasteiger partial charge on any atom is 0.435 e. The van der Waals surface area contributed by atoms with Gasteiger partial charge in [-0.25, -0.2) is 9.97 Å². The molecular weight excluding hydrogens is 597 g/mol. The molecule has 4 rings (SSSR count). The third-order valence-corrected chi connectivity index (χ3v) is 6.54. The fourth-order valence-electron chi connectivity index (χ4n) is 4.43. The van der Waals surface area contributed by atoms with Gasteiger partial charge in [-0.3, -0.25) is 18.7 Å². The number of fused-ring (bicyclic) bond motifs is 1. The molecular formula is C29H37F3N8O5. The van der Waals surface area contributed by atoms with E-state index in [1.165, 1.54) is 33.9 Å². The minimum Gasteiger partial charge on any atom is -0.483 e. The molecule has 1 amide bonds. The fourth-order valence-corrected chi connectivity index (χ4v) is 4.43. The first-order valence-electron chi connectivity index (χ1n) is 14.0. The minimum absolute atomic E-state index is 0.0908. The van der Waals surface area contributed by atoms with E-state index in [4.69, 9.17) is 20.4 Å². The number of nitrogens with two attached hydrogens (primary N) is 1. The van der Waals surface area contributed by atoms with E-state index in [9.17, 15) is 23.1 Å². The predicted molar refractivity (Wildman–Crippen MR) is 160 cm³/mol. The molecule has 6 N–H and O–H groups in total. The van der Waals surface area contributed by atoms with Crippen molar-refractivity contribution in [3.8, 4) is 11.3 Å². The van der Waals surface area contributed by atoms with Gasteiger partial charge in [-0.1, -0.05) is 20.8 Å². The molecule has 244 valence electrons. The maximum atomic E-state index is 14.0. The second-order valence-electron chi connectivity index (χ2n) is 10.6. The van der Waals surface area contributed by atoms with Crippen molar-refractivity contribution in [3.05, 3.63) is 59.8 Å². The van der Waals surface area contributed by atoms with E-state index in [1.54, 1.807) is 26.0 Å². The van der Waals surface area contributed by atoms with Gasteiger partial charge in [0.05, 0.1) is 30.7 Å². The van der Waals surface area contributed by atoms with Crippen LogP contribution in [-0.4, -0.2) is 79.7 Å². The lowest BCUT2D eigenvalue weighted by atomic mass is 9.95. The van der Waals surface area contributed by atoms with Crippen molar-refractivity contribution in [1.82, 2.24) is 29.5 Å². The van der Waals surface area contributed by atoms with Gasteiger partial charge in [0, 0.05) is 61.5 Å². The smallest absolute Gasteiger partial charge is 0.435 e. The number of benzene rings is 1. The number of halogens is 3. The zero-order chi connectivity index (χ0) is 33.2. The third-order valence-electron chi connectivity index (χ3n) is 6.54. The largest absolute Gasteiger partial charge is 0.483 e. The van der Waals surface area contributed by atoms with E-state index in [2.05, 4.69) is 25.7 Å². The molecule has 0 radical (unpaired) electrons. The maximum absolute atomic E-state index is 14.0. The highest BCUT2D eigenvalue weighted by molar-refractivity contribution is 5.96. The summed E-state index contributed by atoms with van der Waals surface area (Å²) in [7, 11) is 0. The Balaban J connectivity index is 0.00000177.